The third kappa shape index (κ3) is 3.89. The Labute approximate surface area is 150 Å². The van der Waals surface area contributed by atoms with Gasteiger partial charge in [0.15, 0.2) is 5.69 Å². The monoisotopic (exact) mass is 363 g/mol. The number of nitrogens with one attached hydrogen (secondary N) is 1. The fraction of sp³-hybridized carbons (Fsp3) is 0.562. The number of amides is 2. The van der Waals surface area contributed by atoms with E-state index in [1.165, 1.54) is 26.7 Å². The summed E-state index contributed by atoms with van der Waals surface area (Å²) in [6.45, 7) is 4.01. The van der Waals surface area contributed by atoms with Gasteiger partial charge in [-0.25, -0.2) is 9.07 Å². The van der Waals surface area contributed by atoms with Crippen molar-refractivity contribution in [2.45, 2.75) is 45.1 Å². The molecule has 0 aromatic carbocycles. The maximum atomic E-state index is 14.0. The maximum Gasteiger partial charge on any atom is 0.273 e. The second-order valence-electron chi connectivity index (χ2n) is 6.80. The van der Waals surface area contributed by atoms with Gasteiger partial charge in [0.25, 0.3) is 11.8 Å². The van der Waals surface area contributed by atoms with Crippen molar-refractivity contribution in [3.63, 3.8) is 0 Å². The Hall–Kier alpha value is -2.78. The lowest BCUT2D eigenvalue weighted by Gasteiger charge is -2.23. The molecule has 26 heavy (non-hydrogen) atoms. The molecule has 3 heterocycles. The number of halogens is 1. The van der Waals surface area contributed by atoms with Crippen LogP contribution in [0.1, 0.15) is 41.1 Å². The van der Waals surface area contributed by atoms with Gasteiger partial charge in [0.1, 0.15) is 6.17 Å². The molecular formula is C16H22FN7O2. The van der Waals surface area contributed by atoms with E-state index in [-0.39, 0.29) is 49.1 Å². The van der Waals surface area contributed by atoms with Crippen LogP contribution in [0.4, 0.5) is 4.39 Å². The van der Waals surface area contributed by atoms with Gasteiger partial charge < -0.3 is 10.2 Å². The van der Waals surface area contributed by atoms with Crippen molar-refractivity contribution in [3.05, 3.63) is 29.8 Å². The Morgan fingerprint density at radius 2 is 2.15 bits per heavy atom. The van der Waals surface area contributed by atoms with E-state index in [9.17, 15) is 14.0 Å². The molecule has 1 N–H and O–H groups in total. The second kappa shape index (κ2) is 7.22. The fourth-order valence-corrected chi connectivity index (χ4v) is 3.02. The first-order chi connectivity index (χ1) is 12.3. The number of carbonyl (C=O) groups excluding carboxylic acids is 2. The minimum atomic E-state index is -1.09. The molecule has 2 amide bonds. The first-order valence-electron chi connectivity index (χ1n) is 8.48. The van der Waals surface area contributed by atoms with Crippen molar-refractivity contribution in [3.8, 4) is 0 Å². The molecule has 1 aliphatic rings. The van der Waals surface area contributed by atoms with Gasteiger partial charge in [0.2, 0.25) is 0 Å². The van der Waals surface area contributed by atoms with Gasteiger partial charge in [-0.3, -0.25) is 14.3 Å². The molecule has 2 aromatic rings. The van der Waals surface area contributed by atoms with E-state index in [1.807, 2.05) is 13.8 Å². The zero-order valence-corrected chi connectivity index (χ0v) is 15.0. The van der Waals surface area contributed by atoms with Gasteiger partial charge >= 0.3 is 0 Å². The Morgan fingerprint density at radius 3 is 2.81 bits per heavy atom. The van der Waals surface area contributed by atoms with Crippen molar-refractivity contribution in [2.24, 2.45) is 7.05 Å². The lowest BCUT2D eigenvalue weighted by Crippen LogP contribution is -2.38. The van der Waals surface area contributed by atoms with Crippen LogP contribution in [0.5, 0.6) is 0 Å². The van der Waals surface area contributed by atoms with Crippen LogP contribution in [0.3, 0.4) is 0 Å². The number of aryl methyl sites for hydroxylation is 1. The lowest BCUT2D eigenvalue weighted by molar-refractivity contribution is 0.0714. The quantitative estimate of drug-likeness (QED) is 0.829. The van der Waals surface area contributed by atoms with E-state index >= 15 is 0 Å². The number of alkyl halides is 1. The largest absolute Gasteiger partial charge is 0.348 e. The molecule has 0 bridgehead atoms. The minimum Gasteiger partial charge on any atom is -0.348 e. The van der Waals surface area contributed by atoms with Gasteiger partial charge in [-0.05, 0) is 13.8 Å². The Morgan fingerprint density at radius 1 is 1.38 bits per heavy atom. The summed E-state index contributed by atoms with van der Waals surface area (Å²) in [6.07, 6.45) is 3.71. The first-order valence-corrected chi connectivity index (χ1v) is 8.48. The maximum absolute atomic E-state index is 14.0. The highest BCUT2D eigenvalue weighted by atomic mass is 19.1. The number of aromatic nitrogens is 5. The number of hydrogen-bond donors (Lipinski definition) is 1. The summed E-state index contributed by atoms with van der Waals surface area (Å²) < 4.78 is 17.0. The average Bonchev–Trinajstić information content (AvgIpc) is 3.27. The molecule has 1 fully saturated rings. The molecule has 2 atom stereocenters. The topological polar surface area (TPSA) is 97.9 Å². The molecule has 10 heteroatoms. The van der Waals surface area contributed by atoms with Crippen LogP contribution >= 0.6 is 0 Å². The third-order valence-electron chi connectivity index (χ3n) is 4.16. The molecule has 0 saturated carbocycles. The fourth-order valence-electron chi connectivity index (χ4n) is 3.02. The summed E-state index contributed by atoms with van der Waals surface area (Å²) in [5, 5.41) is 14.5. The van der Waals surface area contributed by atoms with E-state index < -0.39 is 6.17 Å². The normalized spacial score (nSPS) is 20.0. The summed E-state index contributed by atoms with van der Waals surface area (Å²) >= 11 is 0. The van der Waals surface area contributed by atoms with Crippen molar-refractivity contribution in [1.82, 2.24) is 35.0 Å². The number of rotatable bonds is 5. The van der Waals surface area contributed by atoms with Crippen LogP contribution in [-0.4, -0.2) is 66.3 Å². The molecule has 3 rings (SSSR count). The Bertz CT molecular complexity index is 800. The molecule has 0 radical (unpaired) electrons. The molecule has 9 nitrogen and oxygen atoms in total. The van der Waals surface area contributed by atoms with Crippen LogP contribution in [0, 0.1) is 0 Å². The number of hydrogen-bond acceptors (Lipinski definition) is 5. The van der Waals surface area contributed by atoms with Gasteiger partial charge in [-0.15, -0.1) is 5.10 Å². The molecular weight excluding hydrogens is 341 g/mol. The van der Waals surface area contributed by atoms with Gasteiger partial charge in [-0.1, -0.05) is 5.21 Å². The van der Waals surface area contributed by atoms with Crippen LogP contribution in [-0.2, 0) is 13.6 Å². The summed E-state index contributed by atoms with van der Waals surface area (Å²) in [6, 6.07) is -0.372. The first kappa shape index (κ1) is 18.0. The number of likely N-dealkylation sites (tertiary alicyclic amines) is 1. The Kier molecular flexibility index (Phi) is 5.01. The van der Waals surface area contributed by atoms with Gasteiger partial charge in [0.05, 0.1) is 37.1 Å². The van der Waals surface area contributed by atoms with Gasteiger partial charge in [0, 0.05) is 25.7 Å². The molecule has 140 valence electrons. The third-order valence-corrected chi connectivity index (χ3v) is 4.16. The van der Waals surface area contributed by atoms with Crippen molar-refractivity contribution in [2.75, 3.05) is 6.54 Å². The summed E-state index contributed by atoms with van der Waals surface area (Å²) in [5.41, 5.74) is 0.612. The lowest BCUT2D eigenvalue weighted by atomic mass is 10.2. The highest BCUT2D eigenvalue weighted by Gasteiger charge is 2.36. The summed E-state index contributed by atoms with van der Waals surface area (Å²) in [7, 11) is 1.72. The van der Waals surface area contributed by atoms with Crippen LogP contribution in [0.2, 0.25) is 0 Å². The van der Waals surface area contributed by atoms with Crippen molar-refractivity contribution >= 4 is 11.8 Å². The molecule has 2 unspecified atom stereocenters. The van der Waals surface area contributed by atoms with Crippen molar-refractivity contribution in [1.29, 1.82) is 0 Å². The SMILES string of the molecule is CC(C)NC(=O)c1cn(CC2CC(F)CN2C(=O)c2cnn(C)c2)nn1. The highest BCUT2D eigenvalue weighted by Crippen LogP contribution is 2.24. The van der Waals surface area contributed by atoms with E-state index in [0.29, 0.717) is 5.56 Å². The second-order valence-corrected chi connectivity index (χ2v) is 6.80. The molecule has 0 aliphatic carbocycles. The molecule has 1 saturated heterocycles. The zero-order valence-electron chi connectivity index (χ0n) is 15.0. The predicted molar refractivity (Wildman–Crippen MR) is 90.2 cm³/mol. The summed E-state index contributed by atoms with van der Waals surface area (Å²) in [5.74, 6) is -0.578. The molecule has 1 aliphatic heterocycles. The van der Waals surface area contributed by atoms with E-state index in [4.69, 9.17) is 0 Å². The highest BCUT2D eigenvalue weighted by molar-refractivity contribution is 5.94. The van der Waals surface area contributed by atoms with Crippen LogP contribution in [0.15, 0.2) is 18.6 Å². The minimum absolute atomic E-state index is 0.0117. The number of carbonyl (C=O) groups is 2. The van der Waals surface area contributed by atoms with Crippen molar-refractivity contribution < 1.29 is 14.0 Å². The zero-order chi connectivity index (χ0) is 18.8. The van der Waals surface area contributed by atoms with E-state index in [0.717, 1.165) is 0 Å². The smallest absolute Gasteiger partial charge is 0.273 e. The Balaban J connectivity index is 1.70. The van der Waals surface area contributed by atoms with E-state index in [1.54, 1.807) is 13.2 Å². The standard InChI is InChI=1S/C16H22FN7O2/c1-10(2)19-15(25)14-9-23(21-20-14)8-13-4-12(17)7-24(13)16(26)11-5-18-22(3)6-11/h5-6,9-10,12-13H,4,7-8H2,1-3H3,(H,19,25). The van der Waals surface area contributed by atoms with Crippen LogP contribution in [0.25, 0.3) is 0 Å². The number of nitrogens with zero attached hydrogens (tertiary/aromatic N) is 6. The average molecular weight is 363 g/mol. The molecule has 2 aromatic heterocycles. The molecule has 0 spiro atoms. The van der Waals surface area contributed by atoms with E-state index in [2.05, 4.69) is 20.7 Å². The van der Waals surface area contributed by atoms with Crippen LogP contribution < -0.4 is 5.32 Å². The predicted octanol–water partition coefficient (Wildman–Crippen LogP) is 0.403. The van der Waals surface area contributed by atoms with Gasteiger partial charge in [-0.2, -0.15) is 5.10 Å². The summed E-state index contributed by atoms with van der Waals surface area (Å²) in [4.78, 5) is 26.1.